The number of aromatic nitrogens is 4. The Morgan fingerprint density at radius 2 is 2.16 bits per heavy atom. The Morgan fingerprint density at radius 3 is 2.94 bits per heavy atom. The lowest BCUT2D eigenvalue weighted by Gasteiger charge is -2.26. The summed E-state index contributed by atoms with van der Waals surface area (Å²) in [6.45, 7) is 0.707. The molecule has 9 nitrogen and oxygen atoms in total. The van der Waals surface area contributed by atoms with Crippen LogP contribution in [0.3, 0.4) is 0 Å². The Balaban J connectivity index is 1.28. The Labute approximate surface area is 184 Å². The van der Waals surface area contributed by atoms with Crippen LogP contribution in [0.5, 0.6) is 0 Å². The predicted molar refractivity (Wildman–Crippen MR) is 119 cm³/mol. The lowest BCUT2D eigenvalue weighted by atomic mass is 10.3. The van der Waals surface area contributed by atoms with E-state index in [0.717, 1.165) is 28.0 Å². The molecule has 3 heterocycles. The standard InChI is InChI=1S/C21H23N7O2S/c1-30-13-21(29)23-15-4-6-16(7-5-15)31-27-11-19-22-8-9-28(19)20(12-27)24-18-10-17(25-26-18)14-2-3-14/h4-10,12,14H,2-3,11,13H2,1H3,(H,23,29)(H2,24,25,26). The van der Waals surface area contributed by atoms with E-state index in [9.17, 15) is 4.79 Å². The number of hydrogen-bond donors (Lipinski definition) is 3. The smallest absolute Gasteiger partial charge is 0.250 e. The van der Waals surface area contributed by atoms with E-state index in [1.807, 2.05) is 35.0 Å². The van der Waals surface area contributed by atoms with Crippen molar-refractivity contribution in [2.45, 2.75) is 30.2 Å². The van der Waals surface area contributed by atoms with Gasteiger partial charge in [0, 0.05) is 47.8 Å². The first-order valence-corrected chi connectivity index (χ1v) is 10.9. The fourth-order valence-corrected chi connectivity index (χ4v) is 4.26. The molecule has 0 unspecified atom stereocenters. The van der Waals surface area contributed by atoms with Crippen LogP contribution in [-0.2, 0) is 16.1 Å². The number of benzene rings is 1. The van der Waals surface area contributed by atoms with Gasteiger partial charge in [-0.3, -0.25) is 14.5 Å². The molecule has 1 aliphatic carbocycles. The maximum atomic E-state index is 11.7. The minimum atomic E-state index is -0.173. The number of rotatable bonds is 8. The molecule has 2 aliphatic rings. The van der Waals surface area contributed by atoms with Gasteiger partial charge >= 0.3 is 0 Å². The number of carbonyl (C=O) groups is 1. The van der Waals surface area contributed by atoms with Crippen molar-refractivity contribution in [2.75, 3.05) is 24.4 Å². The number of amides is 1. The first-order chi connectivity index (χ1) is 15.2. The summed E-state index contributed by atoms with van der Waals surface area (Å²) in [5, 5.41) is 13.7. The molecule has 5 rings (SSSR count). The Bertz CT molecular complexity index is 1100. The molecule has 1 aromatic carbocycles. The molecular formula is C21H23N7O2S. The highest BCUT2D eigenvalue weighted by Gasteiger charge is 2.26. The second kappa shape index (κ2) is 8.48. The fraction of sp³-hybridized carbons (Fsp3) is 0.286. The number of anilines is 2. The summed E-state index contributed by atoms with van der Waals surface area (Å²) in [6.07, 6.45) is 8.27. The molecule has 0 atom stereocenters. The predicted octanol–water partition coefficient (Wildman–Crippen LogP) is 3.46. The van der Waals surface area contributed by atoms with Gasteiger partial charge in [0.05, 0.1) is 12.7 Å². The van der Waals surface area contributed by atoms with Crippen molar-refractivity contribution >= 4 is 35.2 Å². The van der Waals surface area contributed by atoms with Crippen molar-refractivity contribution in [3.63, 3.8) is 0 Å². The zero-order valence-electron chi connectivity index (χ0n) is 17.0. The van der Waals surface area contributed by atoms with Crippen molar-refractivity contribution in [1.29, 1.82) is 0 Å². The van der Waals surface area contributed by atoms with Gasteiger partial charge in [0.2, 0.25) is 5.91 Å². The molecular weight excluding hydrogens is 414 g/mol. The van der Waals surface area contributed by atoms with Crippen molar-refractivity contribution in [1.82, 2.24) is 24.1 Å². The third-order valence-corrected chi connectivity index (χ3v) is 6.00. The summed E-state index contributed by atoms with van der Waals surface area (Å²) in [4.78, 5) is 17.2. The molecule has 160 valence electrons. The van der Waals surface area contributed by atoms with Crippen LogP contribution < -0.4 is 10.6 Å². The van der Waals surface area contributed by atoms with E-state index in [-0.39, 0.29) is 12.5 Å². The van der Waals surface area contributed by atoms with Gasteiger partial charge in [0.15, 0.2) is 5.82 Å². The Morgan fingerprint density at radius 1 is 1.32 bits per heavy atom. The van der Waals surface area contributed by atoms with Crippen molar-refractivity contribution in [3.8, 4) is 0 Å². The number of fused-ring (bicyclic) bond motifs is 1. The van der Waals surface area contributed by atoms with Crippen LogP contribution in [0.25, 0.3) is 5.82 Å². The lowest BCUT2D eigenvalue weighted by Crippen LogP contribution is -2.23. The third-order valence-electron chi connectivity index (χ3n) is 5.05. The zero-order chi connectivity index (χ0) is 21.2. The number of H-pyrrole nitrogens is 1. The van der Waals surface area contributed by atoms with Gasteiger partial charge in [-0.15, -0.1) is 0 Å². The molecule has 0 bridgehead atoms. The van der Waals surface area contributed by atoms with Crippen LogP contribution in [0.1, 0.15) is 30.3 Å². The van der Waals surface area contributed by atoms with Crippen LogP contribution >= 0.6 is 11.9 Å². The number of aromatic amines is 1. The summed E-state index contributed by atoms with van der Waals surface area (Å²) in [5.74, 6) is 3.09. The van der Waals surface area contributed by atoms with E-state index in [1.54, 1.807) is 18.1 Å². The van der Waals surface area contributed by atoms with Gasteiger partial charge in [-0.25, -0.2) is 4.98 Å². The first-order valence-electron chi connectivity index (χ1n) is 10.1. The molecule has 31 heavy (non-hydrogen) atoms. The molecule has 0 radical (unpaired) electrons. The SMILES string of the molecule is COCC(=O)Nc1ccc(SN2C=C(Nc3cc(C4CC4)[nH]n3)n3ccnc3C2)cc1. The van der Waals surface area contributed by atoms with E-state index in [2.05, 4.69) is 42.4 Å². The third kappa shape index (κ3) is 4.59. The van der Waals surface area contributed by atoms with E-state index in [0.29, 0.717) is 12.5 Å². The van der Waals surface area contributed by atoms with Crippen LogP contribution in [0.15, 0.2) is 53.8 Å². The normalized spacial score (nSPS) is 15.4. The zero-order valence-corrected chi connectivity index (χ0v) is 17.9. The average Bonchev–Trinajstić information content (AvgIpc) is 3.31. The maximum absolute atomic E-state index is 11.7. The molecule has 1 amide bonds. The minimum absolute atomic E-state index is 0.0373. The number of nitrogens with zero attached hydrogens (tertiary/aromatic N) is 4. The van der Waals surface area contributed by atoms with E-state index < -0.39 is 0 Å². The molecule has 1 fully saturated rings. The quantitative estimate of drug-likeness (QED) is 0.464. The Hall–Kier alpha value is -3.24. The second-order valence-corrected chi connectivity index (χ2v) is 8.63. The largest absolute Gasteiger partial charge is 0.375 e. The van der Waals surface area contributed by atoms with Crippen molar-refractivity contribution < 1.29 is 9.53 Å². The summed E-state index contributed by atoms with van der Waals surface area (Å²) in [7, 11) is 1.50. The number of carbonyl (C=O) groups excluding carboxylic acids is 1. The van der Waals surface area contributed by atoms with Crippen LogP contribution in [-0.4, -0.2) is 43.7 Å². The van der Waals surface area contributed by atoms with Crippen LogP contribution in [0.4, 0.5) is 11.5 Å². The van der Waals surface area contributed by atoms with Gasteiger partial charge in [0.25, 0.3) is 0 Å². The maximum Gasteiger partial charge on any atom is 0.250 e. The van der Waals surface area contributed by atoms with Gasteiger partial charge in [-0.1, -0.05) is 0 Å². The highest BCUT2D eigenvalue weighted by molar-refractivity contribution is 7.97. The lowest BCUT2D eigenvalue weighted by molar-refractivity contribution is -0.119. The van der Waals surface area contributed by atoms with E-state index >= 15 is 0 Å². The molecule has 1 saturated carbocycles. The van der Waals surface area contributed by atoms with Gasteiger partial charge < -0.3 is 19.7 Å². The van der Waals surface area contributed by atoms with Gasteiger partial charge in [-0.2, -0.15) is 5.10 Å². The summed E-state index contributed by atoms with van der Waals surface area (Å²) < 4.78 is 9.00. The minimum Gasteiger partial charge on any atom is -0.375 e. The monoisotopic (exact) mass is 437 g/mol. The number of ether oxygens (including phenoxy) is 1. The van der Waals surface area contributed by atoms with Crippen molar-refractivity contribution in [2.24, 2.45) is 0 Å². The van der Waals surface area contributed by atoms with Gasteiger partial charge in [0.1, 0.15) is 18.3 Å². The average molecular weight is 438 g/mol. The topological polar surface area (TPSA) is 100 Å². The number of methoxy groups -OCH3 is 1. The molecule has 3 aromatic rings. The van der Waals surface area contributed by atoms with Gasteiger partial charge in [-0.05, 0) is 49.1 Å². The van der Waals surface area contributed by atoms with Crippen LogP contribution in [0, 0.1) is 0 Å². The number of nitrogens with one attached hydrogen (secondary N) is 3. The Kier molecular flexibility index (Phi) is 5.39. The number of imidazole rings is 1. The highest BCUT2D eigenvalue weighted by Crippen LogP contribution is 2.39. The molecule has 0 saturated heterocycles. The molecule has 1 aliphatic heterocycles. The fourth-order valence-electron chi connectivity index (χ4n) is 3.40. The summed E-state index contributed by atoms with van der Waals surface area (Å²) in [5.41, 5.74) is 1.93. The van der Waals surface area contributed by atoms with E-state index in [4.69, 9.17) is 4.74 Å². The van der Waals surface area contributed by atoms with Crippen molar-refractivity contribution in [3.05, 3.63) is 60.4 Å². The molecule has 3 N–H and O–H groups in total. The first kappa shape index (κ1) is 19.7. The second-order valence-electron chi connectivity index (χ2n) is 7.51. The summed E-state index contributed by atoms with van der Waals surface area (Å²) in [6, 6.07) is 9.80. The molecule has 2 aromatic heterocycles. The summed E-state index contributed by atoms with van der Waals surface area (Å²) >= 11 is 1.60. The number of hydrogen-bond acceptors (Lipinski definition) is 7. The van der Waals surface area contributed by atoms with Crippen LogP contribution in [0.2, 0.25) is 0 Å². The molecule has 0 spiro atoms. The molecule has 10 heteroatoms. The highest BCUT2D eigenvalue weighted by atomic mass is 32.2. The van der Waals surface area contributed by atoms with E-state index in [1.165, 1.54) is 25.6 Å².